The third kappa shape index (κ3) is 15.4. The lowest BCUT2D eigenvalue weighted by Gasteiger charge is -2.14. The van der Waals surface area contributed by atoms with Gasteiger partial charge in [0.15, 0.2) is 0 Å². The average molecular weight is 410 g/mol. The molecule has 0 spiro atoms. The van der Waals surface area contributed by atoms with Gasteiger partial charge in [-0.25, -0.2) is 0 Å². The number of halogens is 1. The topological polar surface area (TPSA) is 26.0 Å². The zero-order valence-corrected chi connectivity index (χ0v) is 19.5. The Balaban J connectivity index is 0.00000729. The summed E-state index contributed by atoms with van der Waals surface area (Å²) < 4.78 is 0. The molecular formula is C26H48ClN. The Morgan fingerprint density at radius 2 is 1.00 bits per heavy atom. The highest BCUT2D eigenvalue weighted by atomic mass is 35.5. The SMILES string of the molecule is CCCCCCCCCCCCCCCCCCC(CN)c1ccccc1.Cl. The van der Waals surface area contributed by atoms with Gasteiger partial charge in [0.2, 0.25) is 0 Å². The van der Waals surface area contributed by atoms with Crippen LogP contribution in [0.3, 0.4) is 0 Å². The van der Waals surface area contributed by atoms with Gasteiger partial charge in [0.1, 0.15) is 0 Å². The van der Waals surface area contributed by atoms with Crippen LogP contribution in [0, 0.1) is 0 Å². The van der Waals surface area contributed by atoms with Crippen LogP contribution in [0.2, 0.25) is 0 Å². The van der Waals surface area contributed by atoms with Crippen molar-refractivity contribution in [3.05, 3.63) is 35.9 Å². The van der Waals surface area contributed by atoms with Crippen LogP contribution in [0.25, 0.3) is 0 Å². The fourth-order valence-corrected chi connectivity index (χ4v) is 4.08. The third-order valence-corrected chi connectivity index (χ3v) is 5.96. The molecule has 0 heterocycles. The monoisotopic (exact) mass is 409 g/mol. The second-order valence-corrected chi connectivity index (χ2v) is 8.44. The first-order chi connectivity index (χ1) is 13.4. The second-order valence-electron chi connectivity index (χ2n) is 8.44. The van der Waals surface area contributed by atoms with Gasteiger partial charge >= 0.3 is 0 Å². The van der Waals surface area contributed by atoms with Gasteiger partial charge in [-0.3, -0.25) is 0 Å². The van der Waals surface area contributed by atoms with E-state index in [-0.39, 0.29) is 12.4 Å². The molecule has 0 bridgehead atoms. The number of rotatable bonds is 19. The van der Waals surface area contributed by atoms with Crippen molar-refractivity contribution in [2.45, 2.75) is 122 Å². The van der Waals surface area contributed by atoms with Gasteiger partial charge in [-0.15, -0.1) is 12.4 Å². The van der Waals surface area contributed by atoms with E-state index in [1.807, 2.05) is 0 Å². The van der Waals surface area contributed by atoms with Crippen molar-refractivity contribution in [2.75, 3.05) is 6.54 Å². The van der Waals surface area contributed by atoms with E-state index < -0.39 is 0 Å². The van der Waals surface area contributed by atoms with E-state index in [1.54, 1.807) is 0 Å². The van der Waals surface area contributed by atoms with E-state index >= 15 is 0 Å². The van der Waals surface area contributed by atoms with Crippen LogP contribution < -0.4 is 5.73 Å². The van der Waals surface area contributed by atoms with E-state index in [0.29, 0.717) is 5.92 Å². The van der Waals surface area contributed by atoms with Crippen LogP contribution in [0.5, 0.6) is 0 Å². The normalized spacial score (nSPS) is 11.9. The molecule has 0 radical (unpaired) electrons. The summed E-state index contributed by atoms with van der Waals surface area (Å²) in [7, 11) is 0. The first kappa shape index (κ1) is 27.5. The van der Waals surface area contributed by atoms with Crippen LogP contribution in [0.1, 0.15) is 128 Å². The molecule has 1 atom stereocenters. The molecule has 1 rings (SSSR count). The molecule has 0 aliphatic heterocycles. The molecule has 0 aliphatic rings. The van der Waals surface area contributed by atoms with Crippen molar-refractivity contribution >= 4 is 12.4 Å². The Kier molecular flexibility index (Phi) is 20.8. The number of benzene rings is 1. The predicted molar refractivity (Wildman–Crippen MR) is 130 cm³/mol. The average Bonchev–Trinajstić information content (AvgIpc) is 2.71. The fraction of sp³-hybridized carbons (Fsp3) is 0.769. The van der Waals surface area contributed by atoms with E-state index in [9.17, 15) is 0 Å². The summed E-state index contributed by atoms with van der Waals surface area (Å²) in [5.74, 6) is 0.554. The number of hydrogen-bond donors (Lipinski definition) is 1. The minimum absolute atomic E-state index is 0. The summed E-state index contributed by atoms with van der Waals surface area (Å²) in [6, 6.07) is 10.8. The van der Waals surface area contributed by atoms with Crippen molar-refractivity contribution in [2.24, 2.45) is 5.73 Å². The van der Waals surface area contributed by atoms with E-state index in [4.69, 9.17) is 5.73 Å². The van der Waals surface area contributed by atoms with Gasteiger partial charge in [-0.05, 0) is 24.4 Å². The molecule has 0 aromatic heterocycles. The molecule has 2 heteroatoms. The summed E-state index contributed by atoms with van der Waals surface area (Å²) in [6.45, 7) is 3.08. The Bertz CT molecular complexity index is 406. The summed E-state index contributed by atoms with van der Waals surface area (Å²) in [5.41, 5.74) is 7.39. The maximum absolute atomic E-state index is 5.97. The van der Waals surface area contributed by atoms with Crippen molar-refractivity contribution in [3.8, 4) is 0 Å². The highest BCUT2D eigenvalue weighted by molar-refractivity contribution is 5.85. The zero-order valence-electron chi connectivity index (χ0n) is 18.7. The molecule has 1 aromatic carbocycles. The second kappa shape index (κ2) is 21.2. The quantitative estimate of drug-likeness (QED) is 0.227. The molecular weight excluding hydrogens is 362 g/mol. The molecule has 1 unspecified atom stereocenters. The molecule has 2 N–H and O–H groups in total. The van der Waals surface area contributed by atoms with Gasteiger partial charge in [-0.1, -0.05) is 140 Å². The maximum Gasteiger partial charge on any atom is -0.000824 e. The molecule has 164 valence electrons. The van der Waals surface area contributed by atoms with Crippen LogP contribution >= 0.6 is 12.4 Å². The lowest BCUT2D eigenvalue weighted by Crippen LogP contribution is -2.12. The lowest BCUT2D eigenvalue weighted by molar-refractivity contribution is 0.516. The fourth-order valence-electron chi connectivity index (χ4n) is 4.08. The van der Waals surface area contributed by atoms with Crippen LogP contribution in [-0.4, -0.2) is 6.54 Å². The van der Waals surface area contributed by atoms with Crippen molar-refractivity contribution < 1.29 is 0 Å². The standard InChI is InChI=1S/C26H47N.ClH/c1-2-3-4-5-6-7-8-9-10-11-12-13-14-15-16-18-23-26(24-27)25-21-19-17-20-22-25;/h17,19-22,26H,2-16,18,23-24,27H2,1H3;1H. The molecule has 0 saturated carbocycles. The number of hydrogen-bond acceptors (Lipinski definition) is 1. The summed E-state index contributed by atoms with van der Waals surface area (Å²) in [4.78, 5) is 0. The molecule has 1 nitrogen and oxygen atoms in total. The first-order valence-electron chi connectivity index (χ1n) is 12.1. The lowest BCUT2D eigenvalue weighted by atomic mass is 9.93. The molecule has 0 amide bonds. The largest absolute Gasteiger partial charge is 0.330 e. The van der Waals surface area contributed by atoms with Gasteiger partial charge in [-0.2, -0.15) is 0 Å². The van der Waals surface area contributed by atoms with Crippen LogP contribution in [-0.2, 0) is 0 Å². The Hall–Kier alpha value is -0.530. The Morgan fingerprint density at radius 3 is 1.39 bits per heavy atom. The molecule has 28 heavy (non-hydrogen) atoms. The van der Waals surface area contributed by atoms with E-state index in [1.165, 1.54) is 115 Å². The molecule has 0 aliphatic carbocycles. The summed E-state index contributed by atoms with van der Waals surface area (Å²) in [6.07, 6.45) is 24.2. The minimum atomic E-state index is 0. The number of nitrogens with two attached hydrogens (primary N) is 1. The highest BCUT2D eigenvalue weighted by Gasteiger charge is 2.08. The van der Waals surface area contributed by atoms with E-state index in [2.05, 4.69) is 37.3 Å². The molecule has 1 aromatic rings. The molecule has 0 fully saturated rings. The predicted octanol–water partition coefficient (Wildman–Crippen LogP) is 8.80. The minimum Gasteiger partial charge on any atom is -0.330 e. The first-order valence-corrected chi connectivity index (χ1v) is 12.1. The highest BCUT2D eigenvalue weighted by Crippen LogP contribution is 2.22. The smallest absolute Gasteiger partial charge is 0.000824 e. The van der Waals surface area contributed by atoms with Gasteiger partial charge in [0.05, 0.1) is 0 Å². The Morgan fingerprint density at radius 1 is 0.607 bits per heavy atom. The van der Waals surface area contributed by atoms with Crippen molar-refractivity contribution in [1.29, 1.82) is 0 Å². The number of unbranched alkanes of at least 4 members (excludes halogenated alkanes) is 15. The summed E-state index contributed by atoms with van der Waals surface area (Å²) in [5, 5.41) is 0. The van der Waals surface area contributed by atoms with Crippen LogP contribution in [0.4, 0.5) is 0 Å². The third-order valence-electron chi connectivity index (χ3n) is 5.96. The van der Waals surface area contributed by atoms with Crippen LogP contribution in [0.15, 0.2) is 30.3 Å². The van der Waals surface area contributed by atoms with Crippen molar-refractivity contribution in [3.63, 3.8) is 0 Å². The maximum atomic E-state index is 5.97. The molecule has 0 saturated heterocycles. The van der Waals surface area contributed by atoms with Crippen molar-refractivity contribution in [1.82, 2.24) is 0 Å². The zero-order chi connectivity index (χ0) is 19.4. The van der Waals surface area contributed by atoms with E-state index in [0.717, 1.165) is 6.54 Å². The van der Waals surface area contributed by atoms with Gasteiger partial charge in [0, 0.05) is 0 Å². The summed E-state index contributed by atoms with van der Waals surface area (Å²) >= 11 is 0. The van der Waals surface area contributed by atoms with Gasteiger partial charge in [0.25, 0.3) is 0 Å². The Labute approximate surface area is 182 Å². The van der Waals surface area contributed by atoms with Gasteiger partial charge < -0.3 is 5.73 Å².